The molecule has 1 N–H and O–H groups in total. The Labute approximate surface area is 185 Å². The number of aryl methyl sites for hydroxylation is 1. The van der Waals surface area contributed by atoms with Crippen molar-refractivity contribution in [1.29, 1.82) is 0 Å². The summed E-state index contributed by atoms with van der Waals surface area (Å²) < 4.78 is 11.2. The van der Waals surface area contributed by atoms with E-state index in [4.69, 9.17) is 9.47 Å². The van der Waals surface area contributed by atoms with Gasteiger partial charge in [0.25, 0.3) is 5.91 Å². The summed E-state index contributed by atoms with van der Waals surface area (Å²) in [7, 11) is 3.81. The van der Waals surface area contributed by atoms with E-state index >= 15 is 0 Å². The highest BCUT2D eigenvalue weighted by atomic mass is 16.5. The van der Waals surface area contributed by atoms with E-state index in [1.807, 2.05) is 29.2 Å². The van der Waals surface area contributed by atoms with Crippen molar-refractivity contribution in [3.63, 3.8) is 0 Å². The van der Waals surface area contributed by atoms with E-state index in [2.05, 4.69) is 42.4 Å². The molecule has 0 aromatic heterocycles. The monoisotopic (exact) mass is 423 g/mol. The van der Waals surface area contributed by atoms with Crippen molar-refractivity contribution in [2.45, 2.75) is 44.8 Å². The molecule has 0 aliphatic carbocycles. The van der Waals surface area contributed by atoms with Gasteiger partial charge in [-0.1, -0.05) is 30.3 Å². The molecule has 2 unspecified atom stereocenters. The molecule has 6 heteroatoms. The fourth-order valence-electron chi connectivity index (χ4n) is 4.82. The van der Waals surface area contributed by atoms with Gasteiger partial charge in [-0.15, -0.1) is 0 Å². The molecule has 0 spiro atoms. The van der Waals surface area contributed by atoms with E-state index < -0.39 is 0 Å². The number of hydrogen-bond donors (Lipinski definition) is 1. The van der Waals surface area contributed by atoms with Crippen LogP contribution in [0.3, 0.4) is 0 Å². The summed E-state index contributed by atoms with van der Waals surface area (Å²) in [4.78, 5) is 17.7. The topological polar surface area (TPSA) is 54.0 Å². The predicted molar refractivity (Wildman–Crippen MR) is 123 cm³/mol. The number of nitrogens with zero attached hydrogens (tertiary/aromatic N) is 2. The third kappa shape index (κ3) is 4.79. The normalized spacial score (nSPS) is 21.6. The van der Waals surface area contributed by atoms with Gasteiger partial charge in [0.2, 0.25) is 0 Å². The summed E-state index contributed by atoms with van der Waals surface area (Å²) >= 11 is 0. The first-order chi connectivity index (χ1) is 15.1. The van der Waals surface area contributed by atoms with Crippen LogP contribution in [0.25, 0.3) is 0 Å². The van der Waals surface area contributed by atoms with Crippen molar-refractivity contribution in [3.8, 4) is 11.5 Å². The standard InChI is InChI=1S/C25H33N3O3/c1-18-7-6-8-19-15-28(24(29)17-31-23-10-5-4-9-22(23)30-3)16-21-12-11-20(27(21)2)13-14-26-25(18)19/h4-10,20-21,26H,11-17H2,1-3H3. The van der Waals surface area contributed by atoms with Crippen LogP contribution in [0.4, 0.5) is 5.69 Å². The molecule has 2 heterocycles. The molecule has 6 nitrogen and oxygen atoms in total. The lowest BCUT2D eigenvalue weighted by Gasteiger charge is -2.31. The Morgan fingerprint density at radius 3 is 2.65 bits per heavy atom. The number of methoxy groups -OCH3 is 1. The van der Waals surface area contributed by atoms with Crippen LogP contribution >= 0.6 is 0 Å². The van der Waals surface area contributed by atoms with Crippen LogP contribution in [-0.2, 0) is 11.3 Å². The highest BCUT2D eigenvalue weighted by Gasteiger charge is 2.33. The molecule has 0 saturated carbocycles. The maximum absolute atomic E-state index is 13.3. The van der Waals surface area contributed by atoms with Crippen molar-refractivity contribution in [3.05, 3.63) is 53.6 Å². The zero-order valence-corrected chi connectivity index (χ0v) is 18.8. The minimum absolute atomic E-state index is 0.00513. The predicted octanol–water partition coefficient (Wildman–Crippen LogP) is 3.69. The molecule has 2 atom stereocenters. The molecule has 1 fully saturated rings. The SMILES string of the molecule is COc1ccccc1OCC(=O)N1Cc2cccc(C)c2NCCC2CCC(C1)N2C. The van der Waals surface area contributed by atoms with Crippen LogP contribution in [-0.4, -0.2) is 61.6 Å². The average molecular weight is 424 g/mol. The molecule has 1 amide bonds. The summed E-state index contributed by atoms with van der Waals surface area (Å²) in [6, 6.07) is 14.7. The van der Waals surface area contributed by atoms with E-state index in [9.17, 15) is 4.79 Å². The Bertz CT molecular complexity index is 917. The van der Waals surface area contributed by atoms with Crippen LogP contribution in [0, 0.1) is 6.92 Å². The molecular weight excluding hydrogens is 390 g/mol. The van der Waals surface area contributed by atoms with Crippen molar-refractivity contribution in [2.24, 2.45) is 0 Å². The number of rotatable bonds is 4. The Hall–Kier alpha value is -2.73. The molecule has 2 bridgehead atoms. The fraction of sp³-hybridized carbons (Fsp3) is 0.480. The maximum atomic E-state index is 13.3. The molecule has 4 rings (SSSR count). The van der Waals surface area contributed by atoms with Crippen molar-refractivity contribution in [1.82, 2.24) is 9.80 Å². The number of carbonyl (C=O) groups is 1. The van der Waals surface area contributed by atoms with Gasteiger partial charge in [0.05, 0.1) is 7.11 Å². The van der Waals surface area contributed by atoms with E-state index in [1.54, 1.807) is 7.11 Å². The van der Waals surface area contributed by atoms with E-state index in [1.165, 1.54) is 12.0 Å². The highest BCUT2D eigenvalue weighted by molar-refractivity contribution is 5.78. The summed E-state index contributed by atoms with van der Waals surface area (Å²) in [6.45, 7) is 4.36. The van der Waals surface area contributed by atoms with Gasteiger partial charge in [0, 0.05) is 37.4 Å². The number of para-hydroxylation sites is 3. The Kier molecular flexibility index (Phi) is 6.66. The van der Waals surface area contributed by atoms with Crippen LogP contribution in [0.2, 0.25) is 0 Å². The third-order valence-corrected chi connectivity index (χ3v) is 6.69. The maximum Gasteiger partial charge on any atom is 0.260 e. The first-order valence-corrected chi connectivity index (χ1v) is 11.1. The molecule has 166 valence electrons. The molecule has 2 aliphatic rings. The Balaban J connectivity index is 1.56. The van der Waals surface area contributed by atoms with Crippen LogP contribution in [0.1, 0.15) is 30.4 Å². The van der Waals surface area contributed by atoms with Crippen molar-refractivity contribution >= 4 is 11.6 Å². The molecule has 2 aromatic rings. The fourth-order valence-corrected chi connectivity index (χ4v) is 4.82. The smallest absolute Gasteiger partial charge is 0.260 e. The van der Waals surface area contributed by atoms with Crippen LogP contribution in [0.5, 0.6) is 11.5 Å². The lowest BCUT2D eigenvalue weighted by Crippen LogP contribution is -2.44. The number of benzene rings is 2. The number of likely N-dealkylation sites (N-methyl/N-ethyl adjacent to an activating group) is 1. The number of anilines is 1. The zero-order chi connectivity index (χ0) is 21.8. The van der Waals surface area contributed by atoms with Crippen molar-refractivity contribution in [2.75, 3.05) is 39.2 Å². The van der Waals surface area contributed by atoms with Gasteiger partial charge in [-0.3, -0.25) is 9.69 Å². The number of fused-ring (bicyclic) bond motifs is 3. The first-order valence-electron chi connectivity index (χ1n) is 11.1. The summed E-state index contributed by atoms with van der Waals surface area (Å²) in [5.74, 6) is 1.22. The average Bonchev–Trinajstić information content (AvgIpc) is 3.10. The van der Waals surface area contributed by atoms with E-state index in [0.717, 1.165) is 30.6 Å². The second-order valence-electron chi connectivity index (χ2n) is 8.59. The second kappa shape index (κ2) is 9.60. The van der Waals surface area contributed by atoms with Gasteiger partial charge in [0.1, 0.15) is 0 Å². The number of amides is 1. The summed E-state index contributed by atoms with van der Waals surface area (Å²) in [6.07, 6.45) is 3.42. The lowest BCUT2D eigenvalue weighted by atomic mass is 10.1. The van der Waals surface area contributed by atoms with Gasteiger partial charge >= 0.3 is 0 Å². The van der Waals surface area contributed by atoms with Gasteiger partial charge in [-0.05, 0) is 56.5 Å². The van der Waals surface area contributed by atoms with Crippen LogP contribution < -0.4 is 14.8 Å². The minimum atomic E-state index is -0.00515. The van der Waals surface area contributed by atoms with E-state index in [0.29, 0.717) is 36.7 Å². The largest absolute Gasteiger partial charge is 0.493 e. The molecule has 1 saturated heterocycles. The molecule has 2 aromatic carbocycles. The molecule has 2 aliphatic heterocycles. The van der Waals surface area contributed by atoms with Gasteiger partial charge in [-0.2, -0.15) is 0 Å². The van der Waals surface area contributed by atoms with Crippen molar-refractivity contribution < 1.29 is 14.3 Å². The third-order valence-electron chi connectivity index (χ3n) is 6.69. The zero-order valence-electron chi connectivity index (χ0n) is 18.8. The molecule has 31 heavy (non-hydrogen) atoms. The number of hydrogen-bond acceptors (Lipinski definition) is 5. The Morgan fingerprint density at radius 2 is 1.84 bits per heavy atom. The first kappa shape index (κ1) is 21.5. The number of nitrogens with one attached hydrogen (secondary N) is 1. The summed E-state index contributed by atoms with van der Waals surface area (Å²) in [5, 5.41) is 3.65. The number of ether oxygens (including phenoxy) is 2. The van der Waals surface area contributed by atoms with Gasteiger partial charge in [-0.25, -0.2) is 0 Å². The minimum Gasteiger partial charge on any atom is -0.493 e. The lowest BCUT2D eigenvalue weighted by molar-refractivity contribution is -0.134. The Morgan fingerprint density at radius 1 is 1.06 bits per heavy atom. The highest BCUT2D eigenvalue weighted by Crippen LogP contribution is 2.30. The quantitative estimate of drug-likeness (QED) is 0.813. The molecule has 0 radical (unpaired) electrons. The molecular formula is C25H33N3O3. The summed E-state index contributed by atoms with van der Waals surface area (Å²) in [5.41, 5.74) is 3.53. The second-order valence-corrected chi connectivity index (χ2v) is 8.59. The number of carbonyl (C=O) groups excluding carboxylic acids is 1. The van der Waals surface area contributed by atoms with E-state index in [-0.39, 0.29) is 12.5 Å². The van der Waals surface area contributed by atoms with Gasteiger partial charge < -0.3 is 19.7 Å². The van der Waals surface area contributed by atoms with Gasteiger partial charge in [0.15, 0.2) is 18.1 Å². The van der Waals surface area contributed by atoms with Crippen LogP contribution in [0.15, 0.2) is 42.5 Å².